The van der Waals surface area contributed by atoms with Crippen LogP contribution in [0.5, 0.6) is 0 Å². The van der Waals surface area contributed by atoms with Crippen molar-refractivity contribution in [2.75, 3.05) is 23.1 Å². The Hall–Kier alpha value is -0.970. The Balaban J connectivity index is 2.53. The van der Waals surface area contributed by atoms with Gasteiger partial charge in [-0.1, -0.05) is 0 Å². The van der Waals surface area contributed by atoms with Crippen molar-refractivity contribution in [1.82, 2.24) is 9.97 Å². The highest BCUT2D eigenvalue weighted by Crippen LogP contribution is 2.07. The third-order valence-corrected chi connectivity index (χ3v) is 2.30. The van der Waals surface area contributed by atoms with Gasteiger partial charge in [-0.15, -0.1) is 0 Å². The minimum Gasteiger partial charge on any atom is -0.382 e. The van der Waals surface area contributed by atoms with Crippen molar-refractivity contribution in [3.8, 4) is 0 Å². The van der Waals surface area contributed by atoms with Crippen molar-refractivity contribution >= 4 is 23.4 Å². The van der Waals surface area contributed by atoms with E-state index in [2.05, 4.69) is 28.5 Å². The summed E-state index contributed by atoms with van der Waals surface area (Å²) in [6, 6.07) is 0.381. The van der Waals surface area contributed by atoms with Crippen molar-refractivity contribution in [3.63, 3.8) is 0 Å². The highest BCUT2D eigenvalue weighted by atomic mass is 32.2. The Kier molecular flexibility index (Phi) is 3.82. The molecule has 5 heteroatoms. The van der Waals surface area contributed by atoms with Crippen LogP contribution < -0.4 is 11.1 Å². The monoisotopic (exact) mass is 198 g/mol. The average molecular weight is 198 g/mol. The summed E-state index contributed by atoms with van der Waals surface area (Å²) in [6.45, 7) is 2.10. The van der Waals surface area contributed by atoms with E-state index in [0.29, 0.717) is 11.9 Å². The molecule has 1 aromatic heterocycles. The lowest BCUT2D eigenvalue weighted by atomic mass is 10.4. The number of anilines is 2. The number of hydrogen-bond donors (Lipinski definition) is 2. The molecular weight excluding hydrogens is 184 g/mol. The first kappa shape index (κ1) is 10.1. The molecule has 0 aliphatic heterocycles. The Bertz CT molecular complexity index is 266. The molecule has 0 fully saturated rings. The largest absolute Gasteiger partial charge is 0.382 e. The van der Waals surface area contributed by atoms with Crippen LogP contribution in [0.2, 0.25) is 0 Å². The van der Waals surface area contributed by atoms with E-state index in [1.54, 1.807) is 18.0 Å². The van der Waals surface area contributed by atoms with E-state index in [-0.39, 0.29) is 0 Å². The molecule has 0 aliphatic carbocycles. The fourth-order valence-electron chi connectivity index (χ4n) is 0.995. The van der Waals surface area contributed by atoms with E-state index in [1.165, 1.54) is 6.20 Å². The first-order chi connectivity index (χ1) is 6.22. The molecule has 0 aromatic carbocycles. The Morgan fingerprint density at radius 3 is 3.00 bits per heavy atom. The first-order valence-corrected chi connectivity index (χ1v) is 5.44. The summed E-state index contributed by atoms with van der Waals surface area (Å²) < 4.78 is 0. The molecule has 0 aliphatic rings. The van der Waals surface area contributed by atoms with Crippen LogP contribution in [0.3, 0.4) is 0 Å². The minimum absolute atomic E-state index is 0.381. The second kappa shape index (κ2) is 4.91. The van der Waals surface area contributed by atoms with Crippen LogP contribution in [-0.4, -0.2) is 28.0 Å². The van der Waals surface area contributed by atoms with Gasteiger partial charge in [0.05, 0.1) is 12.4 Å². The molecule has 1 heterocycles. The van der Waals surface area contributed by atoms with Gasteiger partial charge in [-0.25, -0.2) is 4.98 Å². The van der Waals surface area contributed by atoms with Crippen LogP contribution in [-0.2, 0) is 0 Å². The predicted octanol–water partition coefficient (Wildman–Crippen LogP) is 1.22. The van der Waals surface area contributed by atoms with Crippen molar-refractivity contribution in [3.05, 3.63) is 12.4 Å². The highest BCUT2D eigenvalue weighted by molar-refractivity contribution is 7.98. The lowest BCUT2D eigenvalue weighted by molar-refractivity contribution is 0.900. The fraction of sp³-hybridized carbons (Fsp3) is 0.500. The van der Waals surface area contributed by atoms with Crippen molar-refractivity contribution < 1.29 is 0 Å². The van der Waals surface area contributed by atoms with Crippen LogP contribution in [0.4, 0.5) is 11.6 Å². The van der Waals surface area contributed by atoms with E-state index in [4.69, 9.17) is 5.73 Å². The molecule has 0 amide bonds. The maximum Gasteiger partial charge on any atom is 0.147 e. The van der Waals surface area contributed by atoms with Gasteiger partial charge in [-0.3, -0.25) is 4.98 Å². The Labute approximate surface area is 82.3 Å². The zero-order valence-corrected chi connectivity index (χ0v) is 8.64. The number of thioether (sulfide) groups is 1. The zero-order valence-electron chi connectivity index (χ0n) is 7.82. The molecule has 0 saturated heterocycles. The molecule has 0 radical (unpaired) electrons. The van der Waals surface area contributed by atoms with Crippen LogP contribution in [0, 0.1) is 0 Å². The first-order valence-electron chi connectivity index (χ1n) is 4.05. The van der Waals surface area contributed by atoms with E-state index in [9.17, 15) is 0 Å². The van der Waals surface area contributed by atoms with Gasteiger partial charge < -0.3 is 11.1 Å². The van der Waals surface area contributed by atoms with Gasteiger partial charge in [0.15, 0.2) is 0 Å². The zero-order chi connectivity index (χ0) is 9.68. The van der Waals surface area contributed by atoms with E-state index in [0.717, 1.165) is 11.6 Å². The molecule has 1 atom stereocenters. The van der Waals surface area contributed by atoms with Gasteiger partial charge in [-0.05, 0) is 13.2 Å². The maximum absolute atomic E-state index is 5.49. The van der Waals surface area contributed by atoms with Crippen LogP contribution in [0.15, 0.2) is 12.4 Å². The molecule has 0 saturated carbocycles. The van der Waals surface area contributed by atoms with E-state index < -0.39 is 0 Å². The number of nitrogen functional groups attached to an aromatic ring is 1. The molecule has 13 heavy (non-hydrogen) atoms. The number of nitrogens with zero attached hydrogens (tertiary/aromatic N) is 2. The van der Waals surface area contributed by atoms with Gasteiger partial charge in [0.2, 0.25) is 0 Å². The summed E-state index contributed by atoms with van der Waals surface area (Å²) in [7, 11) is 0. The fourth-order valence-corrected chi connectivity index (χ4v) is 1.58. The lowest BCUT2D eigenvalue weighted by Crippen LogP contribution is -2.18. The molecular formula is C8H14N4S. The minimum atomic E-state index is 0.381. The smallest absolute Gasteiger partial charge is 0.147 e. The molecule has 1 unspecified atom stereocenters. The Morgan fingerprint density at radius 1 is 1.62 bits per heavy atom. The molecule has 0 spiro atoms. The average Bonchev–Trinajstić information content (AvgIpc) is 2.04. The summed E-state index contributed by atoms with van der Waals surface area (Å²) in [5.41, 5.74) is 5.49. The van der Waals surface area contributed by atoms with Gasteiger partial charge in [0.1, 0.15) is 11.6 Å². The highest BCUT2D eigenvalue weighted by Gasteiger charge is 2.01. The molecule has 3 N–H and O–H groups in total. The standard InChI is InChI=1S/C8H14N4S/c1-6(5-13-2)11-8-4-10-3-7(9)12-8/h3-4,6H,5H2,1-2H3,(H3,9,11,12). The van der Waals surface area contributed by atoms with Gasteiger partial charge in [0.25, 0.3) is 0 Å². The second-order valence-corrected chi connectivity index (χ2v) is 3.74. The molecule has 4 nitrogen and oxygen atoms in total. The Morgan fingerprint density at radius 2 is 2.38 bits per heavy atom. The van der Waals surface area contributed by atoms with Crippen LogP contribution >= 0.6 is 11.8 Å². The third kappa shape index (κ3) is 3.50. The van der Waals surface area contributed by atoms with Crippen molar-refractivity contribution in [2.45, 2.75) is 13.0 Å². The second-order valence-electron chi connectivity index (χ2n) is 2.83. The number of aromatic nitrogens is 2. The quantitative estimate of drug-likeness (QED) is 0.761. The summed E-state index contributed by atoms with van der Waals surface area (Å²) in [6.07, 6.45) is 5.28. The van der Waals surface area contributed by atoms with Crippen LogP contribution in [0.25, 0.3) is 0 Å². The summed E-state index contributed by atoms with van der Waals surface area (Å²) in [5, 5.41) is 3.21. The van der Waals surface area contributed by atoms with Crippen molar-refractivity contribution in [1.29, 1.82) is 0 Å². The lowest BCUT2D eigenvalue weighted by Gasteiger charge is -2.12. The van der Waals surface area contributed by atoms with E-state index >= 15 is 0 Å². The number of hydrogen-bond acceptors (Lipinski definition) is 5. The topological polar surface area (TPSA) is 63.8 Å². The summed E-state index contributed by atoms with van der Waals surface area (Å²) in [4.78, 5) is 8.03. The van der Waals surface area contributed by atoms with Gasteiger partial charge >= 0.3 is 0 Å². The van der Waals surface area contributed by atoms with Gasteiger partial charge in [0, 0.05) is 11.8 Å². The SMILES string of the molecule is CSCC(C)Nc1cncc(N)n1. The molecule has 1 aromatic rings. The molecule has 72 valence electrons. The third-order valence-electron chi connectivity index (χ3n) is 1.46. The number of rotatable bonds is 4. The number of nitrogens with two attached hydrogens (primary N) is 1. The van der Waals surface area contributed by atoms with Crippen LogP contribution in [0.1, 0.15) is 6.92 Å². The summed E-state index contributed by atoms with van der Waals surface area (Å²) in [5.74, 6) is 2.22. The molecule has 1 rings (SSSR count). The molecule has 0 bridgehead atoms. The normalized spacial score (nSPS) is 12.5. The van der Waals surface area contributed by atoms with Crippen molar-refractivity contribution in [2.24, 2.45) is 0 Å². The van der Waals surface area contributed by atoms with Gasteiger partial charge in [-0.2, -0.15) is 11.8 Å². The predicted molar refractivity (Wildman–Crippen MR) is 57.9 cm³/mol. The maximum atomic E-state index is 5.49. The number of nitrogens with one attached hydrogen (secondary N) is 1. The summed E-state index contributed by atoms with van der Waals surface area (Å²) >= 11 is 1.79. The van der Waals surface area contributed by atoms with E-state index in [1.807, 2.05) is 0 Å².